The summed E-state index contributed by atoms with van der Waals surface area (Å²) in [5.74, 6) is 0.477. The molecule has 5 nitrogen and oxygen atoms in total. The maximum absolute atomic E-state index is 12.0. The van der Waals surface area contributed by atoms with Gasteiger partial charge < -0.3 is 11.1 Å². The Kier molecular flexibility index (Phi) is 3.22. The summed E-state index contributed by atoms with van der Waals surface area (Å²) in [6.45, 7) is 0. The molecule has 2 heterocycles. The van der Waals surface area contributed by atoms with Crippen LogP contribution in [0.3, 0.4) is 0 Å². The number of hydrogen-bond acceptors (Lipinski definition) is 4. The summed E-state index contributed by atoms with van der Waals surface area (Å²) in [6, 6.07) is 12.7. The van der Waals surface area contributed by atoms with Crippen LogP contribution >= 0.6 is 11.3 Å². The maximum Gasteiger partial charge on any atom is 0.266 e. The zero-order valence-electron chi connectivity index (χ0n) is 10.5. The van der Waals surface area contributed by atoms with E-state index in [2.05, 4.69) is 10.4 Å². The normalized spacial score (nSPS) is 10.4. The largest absolute Gasteiger partial charge is 0.399 e. The van der Waals surface area contributed by atoms with Crippen molar-refractivity contribution in [3.05, 3.63) is 58.9 Å². The number of nitrogens with two attached hydrogens (primary N) is 1. The Bertz CT molecular complexity index is 716. The van der Waals surface area contributed by atoms with E-state index in [1.807, 2.05) is 23.6 Å². The number of aromatic nitrogens is 2. The second-order valence-corrected chi connectivity index (χ2v) is 5.10. The van der Waals surface area contributed by atoms with E-state index < -0.39 is 0 Å². The number of hydrogen-bond donors (Lipinski definition) is 2. The average Bonchev–Trinajstić information content (AvgIpc) is 3.10. The van der Waals surface area contributed by atoms with Crippen molar-refractivity contribution in [2.45, 2.75) is 0 Å². The highest BCUT2D eigenvalue weighted by Gasteiger charge is 2.11. The van der Waals surface area contributed by atoms with Crippen molar-refractivity contribution >= 4 is 28.7 Å². The van der Waals surface area contributed by atoms with Crippen LogP contribution in [0.2, 0.25) is 0 Å². The Balaban J connectivity index is 1.87. The van der Waals surface area contributed by atoms with E-state index >= 15 is 0 Å². The molecule has 3 N–H and O–H groups in total. The fourth-order valence-electron chi connectivity index (χ4n) is 1.80. The Morgan fingerprint density at radius 1 is 1.20 bits per heavy atom. The van der Waals surface area contributed by atoms with E-state index in [4.69, 9.17) is 5.73 Å². The maximum atomic E-state index is 12.0. The molecule has 0 saturated heterocycles. The van der Waals surface area contributed by atoms with Gasteiger partial charge in [-0.25, -0.2) is 4.68 Å². The molecule has 0 saturated carbocycles. The molecule has 0 unspecified atom stereocenters. The van der Waals surface area contributed by atoms with Crippen LogP contribution in [0.25, 0.3) is 5.69 Å². The molecule has 1 amide bonds. The van der Waals surface area contributed by atoms with Gasteiger partial charge in [-0.15, -0.1) is 11.3 Å². The number of carbonyl (C=O) groups excluding carboxylic acids is 1. The third kappa shape index (κ3) is 2.41. The second-order valence-electron chi connectivity index (χ2n) is 4.15. The molecule has 0 aliphatic heterocycles. The van der Waals surface area contributed by atoms with Gasteiger partial charge in [0, 0.05) is 11.8 Å². The van der Waals surface area contributed by atoms with E-state index in [1.54, 1.807) is 35.1 Å². The predicted octanol–water partition coefficient (Wildman–Crippen LogP) is 2.77. The highest BCUT2D eigenvalue weighted by molar-refractivity contribution is 7.12. The minimum absolute atomic E-state index is 0.141. The number of nitrogens with zero attached hydrogens (tertiary/aromatic N) is 2. The zero-order valence-corrected chi connectivity index (χ0v) is 11.3. The Labute approximate surface area is 119 Å². The summed E-state index contributed by atoms with van der Waals surface area (Å²) >= 11 is 1.40. The van der Waals surface area contributed by atoms with Gasteiger partial charge in [-0.3, -0.25) is 4.79 Å². The second kappa shape index (κ2) is 5.18. The van der Waals surface area contributed by atoms with E-state index in [1.165, 1.54) is 11.3 Å². The van der Waals surface area contributed by atoms with Crippen molar-refractivity contribution in [1.29, 1.82) is 0 Å². The van der Waals surface area contributed by atoms with E-state index in [-0.39, 0.29) is 5.91 Å². The molecule has 0 spiro atoms. The molecular formula is C14H12N4OS. The summed E-state index contributed by atoms with van der Waals surface area (Å²) in [7, 11) is 0. The summed E-state index contributed by atoms with van der Waals surface area (Å²) in [4.78, 5) is 12.7. The standard InChI is InChI=1S/C14H12N4OS/c15-10-3-5-11(6-4-10)18-13(7-8-16-18)17-14(19)12-2-1-9-20-12/h1-9H,15H2,(H,17,19). The van der Waals surface area contributed by atoms with Crippen molar-refractivity contribution in [3.63, 3.8) is 0 Å². The van der Waals surface area contributed by atoms with Gasteiger partial charge in [0.1, 0.15) is 5.82 Å². The Hall–Kier alpha value is -2.60. The minimum Gasteiger partial charge on any atom is -0.399 e. The van der Waals surface area contributed by atoms with Crippen molar-refractivity contribution in [2.24, 2.45) is 0 Å². The zero-order chi connectivity index (χ0) is 13.9. The Morgan fingerprint density at radius 2 is 2.00 bits per heavy atom. The number of amides is 1. The van der Waals surface area contributed by atoms with Gasteiger partial charge in [-0.1, -0.05) is 6.07 Å². The van der Waals surface area contributed by atoms with Crippen molar-refractivity contribution < 1.29 is 4.79 Å². The Morgan fingerprint density at radius 3 is 2.70 bits per heavy atom. The summed E-state index contributed by atoms with van der Waals surface area (Å²) in [6.07, 6.45) is 1.64. The monoisotopic (exact) mass is 284 g/mol. The van der Waals surface area contributed by atoms with Gasteiger partial charge in [0.05, 0.1) is 16.8 Å². The van der Waals surface area contributed by atoms with Crippen molar-refractivity contribution in [2.75, 3.05) is 11.1 Å². The smallest absolute Gasteiger partial charge is 0.266 e. The first-order chi connectivity index (χ1) is 9.74. The predicted molar refractivity (Wildman–Crippen MR) is 80.2 cm³/mol. The fourth-order valence-corrected chi connectivity index (χ4v) is 2.42. The minimum atomic E-state index is -0.141. The van der Waals surface area contributed by atoms with Crippen LogP contribution in [0.4, 0.5) is 11.5 Å². The van der Waals surface area contributed by atoms with Crippen molar-refractivity contribution in [1.82, 2.24) is 9.78 Å². The molecular weight excluding hydrogens is 272 g/mol. The molecule has 3 rings (SSSR count). The third-order valence-corrected chi connectivity index (χ3v) is 3.64. The van der Waals surface area contributed by atoms with Gasteiger partial charge in [0.15, 0.2) is 0 Å². The van der Waals surface area contributed by atoms with Crippen LogP contribution in [-0.4, -0.2) is 15.7 Å². The lowest BCUT2D eigenvalue weighted by molar-refractivity contribution is 0.103. The van der Waals surface area contributed by atoms with Crippen LogP contribution in [0, 0.1) is 0 Å². The highest BCUT2D eigenvalue weighted by atomic mass is 32.1. The molecule has 3 aromatic rings. The van der Waals surface area contributed by atoms with Crippen molar-refractivity contribution in [3.8, 4) is 5.69 Å². The molecule has 2 aromatic heterocycles. The SMILES string of the molecule is Nc1ccc(-n2nccc2NC(=O)c2cccs2)cc1. The molecule has 0 fully saturated rings. The lowest BCUT2D eigenvalue weighted by Gasteiger charge is -2.08. The van der Waals surface area contributed by atoms with Crippen LogP contribution in [0.5, 0.6) is 0 Å². The molecule has 0 atom stereocenters. The first-order valence-corrected chi connectivity index (χ1v) is 6.87. The number of benzene rings is 1. The van der Waals surface area contributed by atoms with Gasteiger partial charge >= 0.3 is 0 Å². The summed E-state index contributed by atoms with van der Waals surface area (Å²) in [5.41, 5.74) is 7.19. The van der Waals surface area contributed by atoms with Crippen LogP contribution in [0.15, 0.2) is 54.0 Å². The molecule has 0 bridgehead atoms. The molecule has 0 radical (unpaired) electrons. The van der Waals surface area contributed by atoms with Crippen LogP contribution in [-0.2, 0) is 0 Å². The molecule has 0 aliphatic carbocycles. The molecule has 1 aromatic carbocycles. The lowest BCUT2D eigenvalue weighted by atomic mass is 10.3. The first-order valence-electron chi connectivity index (χ1n) is 5.99. The number of nitrogen functional groups attached to an aromatic ring is 1. The fraction of sp³-hybridized carbons (Fsp3) is 0. The summed E-state index contributed by atoms with van der Waals surface area (Å²) < 4.78 is 1.66. The third-order valence-electron chi connectivity index (χ3n) is 2.77. The average molecular weight is 284 g/mol. The summed E-state index contributed by atoms with van der Waals surface area (Å²) in [5, 5.41) is 8.93. The topological polar surface area (TPSA) is 72.9 Å². The molecule has 20 heavy (non-hydrogen) atoms. The van der Waals surface area contributed by atoms with Gasteiger partial charge in [0.25, 0.3) is 5.91 Å². The first kappa shape index (κ1) is 12.4. The number of rotatable bonds is 3. The number of nitrogens with one attached hydrogen (secondary N) is 1. The van der Waals surface area contributed by atoms with E-state index in [0.717, 1.165) is 5.69 Å². The van der Waals surface area contributed by atoms with Gasteiger partial charge in [0.2, 0.25) is 0 Å². The quantitative estimate of drug-likeness (QED) is 0.726. The van der Waals surface area contributed by atoms with Crippen LogP contribution in [0.1, 0.15) is 9.67 Å². The van der Waals surface area contributed by atoms with E-state index in [0.29, 0.717) is 16.4 Å². The number of anilines is 2. The van der Waals surface area contributed by atoms with Crippen LogP contribution < -0.4 is 11.1 Å². The van der Waals surface area contributed by atoms with E-state index in [9.17, 15) is 4.79 Å². The number of carbonyl (C=O) groups is 1. The van der Waals surface area contributed by atoms with Gasteiger partial charge in [-0.2, -0.15) is 5.10 Å². The number of thiophene rings is 1. The highest BCUT2D eigenvalue weighted by Crippen LogP contribution is 2.18. The molecule has 6 heteroatoms. The molecule has 100 valence electrons. The molecule has 0 aliphatic rings. The lowest BCUT2D eigenvalue weighted by Crippen LogP contribution is -2.13. The van der Waals surface area contributed by atoms with Gasteiger partial charge in [-0.05, 0) is 35.7 Å².